The van der Waals surface area contributed by atoms with Crippen molar-refractivity contribution in [1.82, 2.24) is 4.90 Å². The minimum absolute atomic E-state index is 0.100. The van der Waals surface area contributed by atoms with Gasteiger partial charge in [-0.25, -0.2) is 0 Å². The van der Waals surface area contributed by atoms with Crippen molar-refractivity contribution < 1.29 is 4.74 Å². The zero-order valence-electron chi connectivity index (χ0n) is 17.4. The lowest BCUT2D eigenvalue weighted by Crippen LogP contribution is -2.41. The van der Waals surface area contributed by atoms with E-state index in [0.717, 1.165) is 25.1 Å². The van der Waals surface area contributed by atoms with Gasteiger partial charge in [0.1, 0.15) is 5.75 Å². The molecule has 5 rings (SSSR count). The molecule has 0 aliphatic carbocycles. The highest BCUT2D eigenvalue weighted by atomic mass is 16.5. The van der Waals surface area contributed by atoms with Gasteiger partial charge in [0.2, 0.25) is 0 Å². The highest BCUT2D eigenvalue weighted by Crippen LogP contribution is 2.48. The predicted molar refractivity (Wildman–Crippen MR) is 124 cm³/mol. The molecule has 0 fully saturated rings. The molecule has 2 atom stereocenters. The Labute approximate surface area is 178 Å². The summed E-state index contributed by atoms with van der Waals surface area (Å²) in [6, 6.07) is 34.7. The molecule has 0 spiro atoms. The molecule has 0 bridgehead atoms. The van der Waals surface area contributed by atoms with Crippen LogP contribution in [0.25, 0.3) is 10.8 Å². The molecule has 0 unspecified atom stereocenters. The van der Waals surface area contributed by atoms with E-state index in [1.54, 1.807) is 0 Å². The molecule has 4 aromatic rings. The fraction of sp³-hybridized carbons (Fsp3) is 0.214. The van der Waals surface area contributed by atoms with E-state index in [-0.39, 0.29) is 12.3 Å². The zero-order chi connectivity index (χ0) is 20.3. The van der Waals surface area contributed by atoms with Gasteiger partial charge in [-0.15, -0.1) is 0 Å². The summed E-state index contributed by atoms with van der Waals surface area (Å²) in [4.78, 5) is 2.54. The highest BCUT2D eigenvalue weighted by molar-refractivity contribution is 5.89. The van der Waals surface area contributed by atoms with E-state index in [4.69, 9.17) is 4.74 Å². The van der Waals surface area contributed by atoms with Crippen LogP contribution in [0.1, 0.15) is 48.7 Å². The van der Waals surface area contributed by atoms with Gasteiger partial charge in [0.15, 0.2) is 6.23 Å². The molecule has 0 amide bonds. The summed E-state index contributed by atoms with van der Waals surface area (Å²) in [7, 11) is 0. The van der Waals surface area contributed by atoms with Gasteiger partial charge in [-0.2, -0.15) is 0 Å². The van der Waals surface area contributed by atoms with Crippen molar-refractivity contribution in [1.29, 1.82) is 0 Å². The Morgan fingerprint density at radius 2 is 1.40 bits per heavy atom. The molecule has 2 heteroatoms. The molecule has 0 N–H and O–H groups in total. The summed E-state index contributed by atoms with van der Waals surface area (Å²) in [6.07, 6.45) is 2.19. The van der Waals surface area contributed by atoms with E-state index < -0.39 is 0 Å². The van der Waals surface area contributed by atoms with Crippen LogP contribution in [0.4, 0.5) is 0 Å². The summed E-state index contributed by atoms with van der Waals surface area (Å²) in [6.45, 7) is 3.24. The number of hydrogen-bond acceptors (Lipinski definition) is 2. The van der Waals surface area contributed by atoms with E-state index in [1.165, 1.54) is 27.5 Å². The molecule has 0 saturated heterocycles. The van der Waals surface area contributed by atoms with Crippen LogP contribution in [0.5, 0.6) is 5.75 Å². The van der Waals surface area contributed by atoms with Crippen LogP contribution in [0.3, 0.4) is 0 Å². The summed E-state index contributed by atoms with van der Waals surface area (Å²) in [5.74, 6) is 0.990. The fourth-order valence-corrected chi connectivity index (χ4v) is 4.61. The molecule has 2 nitrogen and oxygen atoms in total. The Kier molecular flexibility index (Phi) is 5.25. The lowest BCUT2D eigenvalue weighted by atomic mass is 9.89. The Hall–Kier alpha value is -3.10. The van der Waals surface area contributed by atoms with Crippen molar-refractivity contribution in [2.24, 2.45) is 0 Å². The number of benzene rings is 4. The van der Waals surface area contributed by atoms with Gasteiger partial charge < -0.3 is 4.74 Å². The van der Waals surface area contributed by atoms with Crippen molar-refractivity contribution in [3.05, 3.63) is 114 Å². The smallest absolute Gasteiger partial charge is 0.179 e. The van der Waals surface area contributed by atoms with Crippen LogP contribution in [-0.2, 0) is 0 Å². The fourth-order valence-electron chi connectivity index (χ4n) is 4.61. The molecule has 150 valence electrons. The molecule has 0 radical (unpaired) electrons. The highest BCUT2D eigenvalue weighted by Gasteiger charge is 2.38. The maximum Gasteiger partial charge on any atom is 0.179 e. The Balaban J connectivity index is 1.75. The van der Waals surface area contributed by atoms with Gasteiger partial charge in [-0.05, 0) is 28.8 Å². The Morgan fingerprint density at radius 1 is 0.733 bits per heavy atom. The number of ether oxygens (including phenoxy) is 1. The predicted octanol–water partition coefficient (Wildman–Crippen LogP) is 7.12. The maximum absolute atomic E-state index is 6.71. The lowest BCUT2D eigenvalue weighted by Gasteiger charge is -2.44. The molecule has 30 heavy (non-hydrogen) atoms. The first kappa shape index (κ1) is 18.9. The molecule has 0 aromatic heterocycles. The average Bonchev–Trinajstić information content (AvgIpc) is 2.82. The maximum atomic E-state index is 6.71. The molecule has 1 aliphatic rings. The largest absolute Gasteiger partial charge is 0.470 e. The van der Waals surface area contributed by atoms with Gasteiger partial charge in [0, 0.05) is 17.7 Å². The summed E-state index contributed by atoms with van der Waals surface area (Å²) < 4.78 is 6.71. The van der Waals surface area contributed by atoms with Crippen LogP contribution in [0.2, 0.25) is 0 Å². The molecule has 1 heterocycles. The second-order valence-corrected chi connectivity index (χ2v) is 7.98. The van der Waals surface area contributed by atoms with E-state index in [0.29, 0.717) is 0 Å². The summed E-state index contributed by atoms with van der Waals surface area (Å²) in [5, 5.41) is 2.53. The van der Waals surface area contributed by atoms with Gasteiger partial charge in [-0.3, -0.25) is 4.90 Å². The van der Waals surface area contributed by atoms with Crippen molar-refractivity contribution in [2.75, 3.05) is 6.54 Å². The second-order valence-electron chi connectivity index (χ2n) is 7.98. The molecular formula is C28H27NO. The molecule has 4 aromatic carbocycles. The lowest BCUT2D eigenvalue weighted by molar-refractivity contribution is -0.0195. The third-order valence-electron chi connectivity index (χ3n) is 6.05. The number of unbranched alkanes of at least 4 members (excludes halogenated alkanes) is 1. The minimum atomic E-state index is -0.100. The standard InChI is InChI=1S/C28H27NO/c1-2-3-20-29-27(22-13-6-4-7-14-22)26-24-17-11-10-12-21(24)18-19-25(26)30-28(29)23-15-8-5-9-16-23/h4-19,27-28H,2-3,20H2,1H3/t27-,28+/m1/s1. The number of hydrogen-bond donors (Lipinski definition) is 0. The topological polar surface area (TPSA) is 12.5 Å². The van der Waals surface area contributed by atoms with Gasteiger partial charge in [0.25, 0.3) is 0 Å². The quantitative estimate of drug-likeness (QED) is 0.358. The van der Waals surface area contributed by atoms with Crippen molar-refractivity contribution >= 4 is 10.8 Å². The van der Waals surface area contributed by atoms with E-state index >= 15 is 0 Å². The average molecular weight is 394 g/mol. The Bertz CT molecular complexity index is 1120. The van der Waals surface area contributed by atoms with Gasteiger partial charge in [0.05, 0.1) is 6.04 Å². The first-order valence-electron chi connectivity index (χ1n) is 10.9. The first-order valence-corrected chi connectivity index (χ1v) is 10.9. The summed E-state index contributed by atoms with van der Waals surface area (Å²) >= 11 is 0. The third kappa shape index (κ3) is 3.38. The zero-order valence-corrected chi connectivity index (χ0v) is 17.4. The van der Waals surface area contributed by atoms with Gasteiger partial charge in [-0.1, -0.05) is 104 Å². The van der Waals surface area contributed by atoms with E-state index in [1.807, 2.05) is 0 Å². The second kappa shape index (κ2) is 8.33. The van der Waals surface area contributed by atoms with Crippen LogP contribution >= 0.6 is 0 Å². The normalized spacial score (nSPS) is 18.7. The van der Waals surface area contributed by atoms with Crippen molar-refractivity contribution in [3.63, 3.8) is 0 Å². The molecule has 1 aliphatic heterocycles. The van der Waals surface area contributed by atoms with Crippen LogP contribution in [-0.4, -0.2) is 11.4 Å². The van der Waals surface area contributed by atoms with Crippen molar-refractivity contribution in [2.45, 2.75) is 32.0 Å². The summed E-state index contributed by atoms with van der Waals surface area (Å²) in [5.41, 5.74) is 3.80. The first-order chi connectivity index (χ1) is 14.9. The Morgan fingerprint density at radius 3 is 2.13 bits per heavy atom. The molecular weight excluding hydrogens is 366 g/mol. The van der Waals surface area contributed by atoms with Crippen LogP contribution in [0.15, 0.2) is 97.1 Å². The van der Waals surface area contributed by atoms with E-state index in [2.05, 4.69) is 109 Å². The molecule has 0 saturated carbocycles. The third-order valence-corrected chi connectivity index (χ3v) is 6.05. The number of rotatable bonds is 5. The monoisotopic (exact) mass is 393 g/mol. The minimum Gasteiger partial charge on any atom is -0.470 e. The SMILES string of the molecule is CCCCN1[C@H](c2ccccc2)c2c(ccc3ccccc23)O[C@H]1c1ccccc1. The van der Waals surface area contributed by atoms with Crippen LogP contribution < -0.4 is 4.74 Å². The van der Waals surface area contributed by atoms with Gasteiger partial charge >= 0.3 is 0 Å². The van der Waals surface area contributed by atoms with Crippen LogP contribution in [0, 0.1) is 0 Å². The van der Waals surface area contributed by atoms with E-state index in [9.17, 15) is 0 Å². The van der Waals surface area contributed by atoms with Crippen molar-refractivity contribution in [3.8, 4) is 5.75 Å². The number of nitrogens with zero attached hydrogens (tertiary/aromatic N) is 1. The number of fused-ring (bicyclic) bond motifs is 3.